The number of methoxy groups -OCH3 is 1. The third-order valence-corrected chi connectivity index (χ3v) is 4.72. The normalized spacial score (nSPS) is 19.0. The summed E-state index contributed by atoms with van der Waals surface area (Å²) in [4.78, 5) is 0. The molecule has 1 unspecified atom stereocenters. The first-order chi connectivity index (χ1) is 9.60. The molecule has 0 aliphatic heterocycles. The van der Waals surface area contributed by atoms with Crippen LogP contribution in [0.1, 0.15) is 45.1 Å². The Morgan fingerprint density at radius 2 is 2.05 bits per heavy atom. The molecular formula is C17H26FNO. The van der Waals surface area contributed by atoms with Crippen LogP contribution in [-0.4, -0.2) is 19.7 Å². The average molecular weight is 279 g/mol. The molecule has 2 nitrogen and oxygen atoms in total. The number of nitrogens with one attached hydrogen (secondary N) is 1. The van der Waals surface area contributed by atoms with Gasteiger partial charge in [0.1, 0.15) is 0 Å². The van der Waals surface area contributed by atoms with Crippen LogP contribution < -0.4 is 10.1 Å². The number of ether oxygens (including phenoxy) is 1. The van der Waals surface area contributed by atoms with E-state index in [1.165, 1.54) is 32.8 Å². The van der Waals surface area contributed by atoms with Crippen LogP contribution in [0, 0.1) is 11.2 Å². The molecule has 1 aliphatic carbocycles. The molecule has 20 heavy (non-hydrogen) atoms. The molecule has 112 valence electrons. The molecule has 1 aliphatic rings. The molecule has 0 amide bonds. The fourth-order valence-corrected chi connectivity index (χ4v) is 3.43. The van der Waals surface area contributed by atoms with Gasteiger partial charge in [0.2, 0.25) is 0 Å². The van der Waals surface area contributed by atoms with Crippen molar-refractivity contribution in [1.29, 1.82) is 0 Å². The van der Waals surface area contributed by atoms with Crippen molar-refractivity contribution in [2.75, 3.05) is 13.7 Å². The minimum Gasteiger partial charge on any atom is -0.494 e. The highest BCUT2D eigenvalue weighted by Crippen LogP contribution is 2.41. The van der Waals surface area contributed by atoms with Crippen molar-refractivity contribution in [2.45, 2.75) is 52.0 Å². The molecule has 0 aromatic heterocycles. The van der Waals surface area contributed by atoms with Crippen LogP contribution in [0.5, 0.6) is 5.75 Å². The number of likely N-dealkylation sites (N-methyl/N-ethyl adjacent to an activating group) is 1. The molecule has 0 radical (unpaired) electrons. The van der Waals surface area contributed by atoms with E-state index in [2.05, 4.69) is 19.2 Å². The Labute approximate surface area is 121 Å². The molecule has 1 saturated carbocycles. The predicted octanol–water partition coefficient (Wildman–Crippen LogP) is 3.94. The molecule has 0 bridgehead atoms. The number of halogens is 1. The molecule has 1 aromatic rings. The summed E-state index contributed by atoms with van der Waals surface area (Å²) in [6, 6.07) is 5.76. The van der Waals surface area contributed by atoms with Gasteiger partial charge < -0.3 is 10.1 Å². The SMILES string of the molecule is CCNC(Cc1cccc(OC)c1F)C1(C)CCCC1. The van der Waals surface area contributed by atoms with Gasteiger partial charge >= 0.3 is 0 Å². The van der Waals surface area contributed by atoms with Gasteiger partial charge in [-0.2, -0.15) is 0 Å². The summed E-state index contributed by atoms with van der Waals surface area (Å²) in [5.74, 6) is 0.133. The molecule has 1 N–H and O–H groups in total. The number of hydrogen-bond donors (Lipinski definition) is 1. The first-order valence-electron chi connectivity index (χ1n) is 7.65. The standard InChI is InChI=1S/C17H26FNO/c1-4-19-15(17(2)10-5-6-11-17)12-13-8-7-9-14(20-3)16(13)18/h7-9,15,19H,4-6,10-12H2,1-3H3. The molecule has 3 heteroatoms. The second-order valence-electron chi connectivity index (χ2n) is 6.11. The van der Waals surface area contributed by atoms with Gasteiger partial charge in [0, 0.05) is 6.04 Å². The van der Waals surface area contributed by atoms with Crippen LogP contribution in [0.3, 0.4) is 0 Å². The zero-order chi connectivity index (χ0) is 14.6. The highest BCUT2D eigenvalue weighted by Gasteiger charge is 2.36. The Hall–Kier alpha value is -1.09. The lowest BCUT2D eigenvalue weighted by Crippen LogP contribution is -2.43. The van der Waals surface area contributed by atoms with Crippen LogP contribution in [0.4, 0.5) is 4.39 Å². The maximum atomic E-state index is 14.3. The van der Waals surface area contributed by atoms with E-state index < -0.39 is 0 Å². The van der Waals surface area contributed by atoms with Crippen LogP contribution in [0.15, 0.2) is 18.2 Å². The van der Waals surface area contributed by atoms with Gasteiger partial charge in [-0.15, -0.1) is 0 Å². The van der Waals surface area contributed by atoms with Gasteiger partial charge in [-0.1, -0.05) is 38.8 Å². The Bertz CT molecular complexity index is 441. The van der Waals surface area contributed by atoms with Gasteiger partial charge in [0.15, 0.2) is 11.6 Å². The second-order valence-corrected chi connectivity index (χ2v) is 6.11. The number of rotatable bonds is 6. The Morgan fingerprint density at radius 1 is 1.35 bits per heavy atom. The third kappa shape index (κ3) is 3.14. The van der Waals surface area contributed by atoms with E-state index in [1.54, 1.807) is 6.07 Å². The molecular weight excluding hydrogens is 253 g/mol. The topological polar surface area (TPSA) is 21.3 Å². The fourth-order valence-electron chi connectivity index (χ4n) is 3.43. The van der Waals surface area contributed by atoms with Crippen LogP contribution >= 0.6 is 0 Å². The third-order valence-electron chi connectivity index (χ3n) is 4.72. The molecule has 0 spiro atoms. The smallest absolute Gasteiger partial charge is 0.168 e. The predicted molar refractivity (Wildman–Crippen MR) is 80.7 cm³/mol. The van der Waals surface area contributed by atoms with Crippen molar-refractivity contribution in [3.8, 4) is 5.75 Å². The summed E-state index contributed by atoms with van der Waals surface area (Å²) >= 11 is 0. The van der Waals surface area contributed by atoms with E-state index in [0.717, 1.165) is 18.5 Å². The average Bonchev–Trinajstić information content (AvgIpc) is 2.88. The van der Waals surface area contributed by atoms with E-state index in [9.17, 15) is 4.39 Å². The molecule has 1 atom stereocenters. The van der Waals surface area contributed by atoms with Crippen LogP contribution in [-0.2, 0) is 6.42 Å². The first-order valence-corrected chi connectivity index (χ1v) is 7.65. The summed E-state index contributed by atoms with van der Waals surface area (Å²) in [5, 5.41) is 3.57. The van der Waals surface area contributed by atoms with Crippen molar-refractivity contribution in [1.82, 2.24) is 5.32 Å². The van der Waals surface area contributed by atoms with Crippen molar-refractivity contribution >= 4 is 0 Å². The lowest BCUT2D eigenvalue weighted by atomic mass is 9.77. The summed E-state index contributed by atoms with van der Waals surface area (Å²) in [7, 11) is 1.52. The molecule has 1 aromatic carbocycles. The minimum absolute atomic E-state index is 0.209. The van der Waals surface area contributed by atoms with E-state index in [1.807, 2.05) is 12.1 Å². The van der Waals surface area contributed by atoms with Crippen molar-refractivity contribution < 1.29 is 9.13 Å². The van der Waals surface area contributed by atoms with E-state index in [4.69, 9.17) is 4.74 Å². The fraction of sp³-hybridized carbons (Fsp3) is 0.647. The van der Waals surface area contributed by atoms with Gasteiger partial charge in [-0.3, -0.25) is 0 Å². The summed E-state index contributed by atoms with van der Waals surface area (Å²) in [6.07, 6.45) is 5.78. The molecule has 1 fully saturated rings. The van der Waals surface area contributed by atoms with E-state index in [-0.39, 0.29) is 11.2 Å². The minimum atomic E-state index is -0.209. The van der Waals surface area contributed by atoms with Crippen LogP contribution in [0.25, 0.3) is 0 Å². The van der Waals surface area contributed by atoms with Crippen molar-refractivity contribution in [3.05, 3.63) is 29.6 Å². The summed E-state index contributed by atoms with van der Waals surface area (Å²) in [6.45, 7) is 5.38. The summed E-state index contributed by atoms with van der Waals surface area (Å²) < 4.78 is 19.4. The zero-order valence-corrected chi connectivity index (χ0v) is 12.8. The van der Waals surface area contributed by atoms with E-state index >= 15 is 0 Å². The maximum Gasteiger partial charge on any atom is 0.168 e. The van der Waals surface area contributed by atoms with Gasteiger partial charge in [-0.05, 0) is 42.9 Å². The zero-order valence-electron chi connectivity index (χ0n) is 12.8. The maximum absolute atomic E-state index is 14.3. The highest BCUT2D eigenvalue weighted by molar-refractivity contribution is 5.31. The quantitative estimate of drug-likeness (QED) is 0.851. The number of hydrogen-bond acceptors (Lipinski definition) is 2. The largest absolute Gasteiger partial charge is 0.494 e. The van der Waals surface area contributed by atoms with Gasteiger partial charge in [0.25, 0.3) is 0 Å². The van der Waals surface area contributed by atoms with E-state index in [0.29, 0.717) is 11.8 Å². The molecule has 2 rings (SSSR count). The Morgan fingerprint density at radius 3 is 2.65 bits per heavy atom. The monoisotopic (exact) mass is 279 g/mol. The van der Waals surface area contributed by atoms with Gasteiger partial charge in [0.05, 0.1) is 7.11 Å². The van der Waals surface area contributed by atoms with Crippen LogP contribution in [0.2, 0.25) is 0 Å². The molecule has 0 saturated heterocycles. The second kappa shape index (κ2) is 6.57. The van der Waals surface area contributed by atoms with Crippen molar-refractivity contribution in [2.24, 2.45) is 5.41 Å². The Kier molecular flexibility index (Phi) is 5.03. The van der Waals surface area contributed by atoms with Crippen molar-refractivity contribution in [3.63, 3.8) is 0 Å². The highest BCUT2D eigenvalue weighted by atomic mass is 19.1. The first kappa shape index (κ1) is 15.3. The summed E-state index contributed by atoms with van der Waals surface area (Å²) in [5.41, 5.74) is 1.04. The number of benzene rings is 1. The Balaban J connectivity index is 2.20. The lowest BCUT2D eigenvalue weighted by molar-refractivity contribution is 0.220. The van der Waals surface area contributed by atoms with Gasteiger partial charge in [-0.25, -0.2) is 4.39 Å². The molecule has 0 heterocycles. The lowest BCUT2D eigenvalue weighted by Gasteiger charge is -2.35.